The van der Waals surface area contributed by atoms with Gasteiger partial charge in [0.2, 0.25) is 5.89 Å². The highest BCUT2D eigenvalue weighted by Gasteiger charge is 2.21. The molecule has 2 rings (SSSR count). The van der Waals surface area contributed by atoms with Crippen LogP contribution in [0.4, 0.5) is 6.01 Å². The fraction of sp³-hybridized carbons (Fsp3) is 0.833. The molecule has 1 aliphatic carbocycles. The average Bonchev–Trinajstić information content (AvgIpc) is 2.78. The molecular formula is C12H22N4O2. The topological polar surface area (TPSA) is 63.4 Å². The van der Waals surface area contributed by atoms with Gasteiger partial charge in [0.25, 0.3) is 0 Å². The van der Waals surface area contributed by atoms with Gasteiger partial charge in [0.05, 0.1) is 13.2 Å². The molecule has 0 saturated heterocycles. The molecule has 1 aromatic rings. The highest BCUT2D eigenvalue weighted by Crippen LogP contribution is 2.27. The summed E-state index contributed by atoms with van der Waals surface area (Å²) >= 11 is 0. The molecule has 6 nitrogen and oxygen atoms in total. The minimum absolute atomic E-state index is 0.591. The normalized spacial score (nSPS) is 15.7. The molecule has 1 saturated carbocycles. The highest BCUT2D eigenvalue weighted by molar-refractivity contribution is 5.22. The third-order valence-electron chi connectivity index (χ3n) is 3.30. The van der Waals surface area contributed by atoms with Crippen LogP contribution in [0.2, 0.25) is 0 Å². The number of aromatic nitrogens is 2. The number of nitrogens with one attached hydrogen (secondary N) is 1. The van der Waals surface area contributed by atoms with Crippen LogP contribution in [0.1, 0.15) is 25.2 Å². The first-order valence-corrected chi connectivity index (χ1v) is 6.52. The molecule has 0 amide bonds. The van der Waals surface area contributed by atoms with Crippen molar-refractivity contribution in [1.29, 1.82) is 0 Å². The summed E-state index contributed by atoms with van der Waals surface area (Å²) in [4.78, 5) is 2.05. The van der Waals surface area contributed by atoms with Gasteiger partial charge in [0, 0.05) is 27.2 Å². The summed E-state index contributed by atoms with van der Waals surface area (Å²) in [5.74, 6) is 1.42. The van der Waals surface area contributed by atoms with Crippen LogP contribution in [0, 0.1) is 5.92 Å². The number of ether oxygens (including phenoxy) is 1. The Balaban J connectivity index is 1.73. The molecule has 1 fully saturated rings. The number of anilines is 1. The third-order valence-corrected chi connectivity index (χ3v) is 3.30. The van der Waals surface area contributed by atoms with Crippen molar-refractivity contribution in [2.24, 2.45) is 5.92 Å². The van der Waals surface area contributed by atoms with Crippen LogP contribution < -0.4 is 10.2 Å². The lowest BCUT2D eigenvalue weighted by Crippen LogP contribution is -2.29. The first-order valence-electron chi connectivity index (χ1n) is 6.52. The van der Waals surface area contributed by atoms with Gasteiger partial charge in [-0.2, -0.15) is 0 Å². The molecule has 1 aromatic heterocycles. The maximum absolute atomic E-state index is 5.60. The number of nitrogens with zero attached hydrogens (tertiary/aromatic N) is 3. The Morgan fingerprint density at radius 1 is 1.44 bits per heavy atom. The second kappa shape index (κ2) is 6.70. The Bertz CT molecular complexity index is 352. The number of rotatable bonds is 8. The molecular weight excluding hydrogens is 232 g/mol. The molecule has 1 aliphatic rings. The largest absolute Gasteiger partial charge is 0.407 e. The Morgan fingerprint density at radius 2 is 2.28 bits per heavy atom. The lowest BCUT2D eigenvalue weighted by atomic mass is 9.85. The zero-order valence-corrected chi connectivity index (χ0v) is 11.2. The van der Waals surface area contributed by atoms with E-state index in [1.165, 1.54) is 19.3 Å². The molecule has 0 aromatic carbocycles. The van der Waals surface area contributed by atoms with Gasteiger partial charge in [0.15, 0.2) is 0 Å². The van der Waals surface area contributed by atoms with Gasteiger partial charge in [-0.3, -0.25) is 0 Å². The van der Waals surface area contributed by atoms with Crippen molar-refractivity contribution in [3.63, 3.8) is 0 Å². The minimum atomic E-state index is 0.591. The van der Waals surface area contributed by atoms with Crippen molar-refractivity contribution in [1.82, 2.24) is 15.5 Å². The zero-order chi connectivity index (χ0) is 12.8. The van der Waals surface area contributed by atoms with E-state index in [1.807, 2.05) is 7.05 Å². The summed E-state index contributed by atoms with van der Waals surface area (Å²) in [6.07, 6.45) is 4.00. The third kappa shape index (κ3) is 3.68. The summed E-state index contributed by atoms with van der Waals surface area (Å²) < 4.78 is 10.5. The minimum Gasteiger partial charge on any atom is -0.407 e. The molecule has 102 valence electrons. The van der Waals surface area contributed by atoms with E-state index in [0.717, 1.165) is 19.0 Å². The van der Waals surface area contributed by atoms with Gasteiger partial charge in [-0.05, 0) is 18.8 Å². The Kier molecular flexibility index (Phi) is 4.95. The van der Waals surface area contributed by atoms with Gasteiger partial charge >= 0.3 is 6.01 Å². The van der Waals surface area contributed by atoms with E-state index >= 15 is 0 Å². The van der Waals surface area contributed by atoms with Crippen LogP contribution in [0.5, 0.6) is 0 Å². The van der Waals surface area contributed by atoms with Gasteiger partial charge in [0.1, 0.15) is 0 Å². The van der Waals surface area contributed by atoms with Gasteiger partial charge in [-0.15, -0.1) is 5.10 Å². The molecule has 0 radical (unpaired) electrons. The monoisotopic (exact) mass is 254 g/mol. The standard InChI is InChI=1S/C12H22N4O2/c1-16(9-10-4-3-5-10)12-15-14-11(18-12)8-13-6-7-17-2/h10,13H,3-9H2,1-2H3. The summed E-state index contributed by atoms with van der Waals surface area (Å²) in [5, 5.41) is 11.3. The Labute approximate surface area is 108 Å². The maximum atomic E-state index is 5.60. The predicted octanol–water partition coefficient (Wildman–Crippen LogP) is 1.04. The molecule has 0 atom stereocenters. The summed E-state index contributed by atoms with van der Waals surface area (Å²) in [7, 11) is 3.69. The van der Waals surface area contributed by atoms with E-state index in [4.69, 9.17) is 9.15 Å². The Morgan fingerprint density at radius 3 is 2.94 bits per heavy atom. The fourth-order valence-electron chi connectivity index (χ4n) is 1.98. The van der Waals surface area contributed by atoms with Crippen molar-refractivity contribution < 1.29 is 9.15 Å². The second-order valence-corrected chi connectivity index (χ2v) is 4.83. The number of methoxy groups -OCH3 is 1. The average molecular weight is 254 g/mol. The molecule has 6 heteroatoms. The van der Waals surface area contributed by atoms with E-state index in [1.54, 1.807) is 7.11 Å². The van der Waals surface area contributed by atoms with Crippen LogP contribution in [-0.4, -0.2) is 44.1 Å². The number of hydrogen-bond acceptors (Lipinski definition) is 6. The lowest BCUT2D eigenvalue weighted by Gasteiger charge is -2.28. The van der Waals surface area contributed by atoms with Gasteiger partial charge in [-0.1, -0.05) is 11.5 Å². The van der Waals surface area contributed by atoms with Crippen LogP contribution in [0.3, 0.4) is 0 Å². The molecule has 0 aliphatic heterocycles. The van der Waals surface area contributed by atoms with Crippen LogP contribution in [-0.2, 0) is 11.3 Å². The Hall–Kier alpha value is -1.14. The van der Waals surface area contributed by atoms with E-state index < -0.39 is 0 Å². The smallest absolute Gasteiger partial charge is 0.317 e. The van der Waals surface area contributed by atoms with Crippen molar-refractivity contribution in [3.05, 3.63) is 5.89 Å². The summed E-state index contributed by atoms with van der Waals surface area (Å²) in [6, 6.07) is 0.616. The van der Waals surface area contributed by atoms with Crippen molar-refractivity contribution >= 4 is 6.01 Å². The van der Waals surface area contributed by atoms with Gasteiger partial charge in [-0.25, -0.2) is 0 Å². The van der Waals surface area contributed by atoms with Crippen molar-refractivity contribution in [2.75, 3.05) is 38.8 Å². The van der Waals surface area contributed by atoms with E-state index in [2.05, 4.69) is 20.4 Å². The van der Waals surface area contributed by atoms with Crippen LogP contribution in [0.25, 0.3) is 0 Å². The second-order valence-electron chi connectivity index (χ2n) is 4.83. The quantitative estimate of drug-likeness (QED) is 0.699. The molecule has 0 spiro atoms. The summed E-state index contributed by atoms with van der Waals surface area (Å²) in [6.45, 7) is 3.07. The first-order chi connectivity index (χ1) is 8.79. The highest BCUT2D eigenvalue weighted by atomic mass is 16.5. The van der Waals surface area contributed by atoms with E-state index in [-0.39, 0.29) is 0 Å². The van der Waals surface area contributed by atoms with Crippen LogP contribution in [0.15, 0.2) is 4.42 Å². The predicted molar refractivity (Wildman–Crippen MR) is 68.5 cm³/mol. The van der Waals surface area contributed by atoms with E-state index in [0.29, 0.717) is 25.1 Å². The molecule has 1 heterocycles. The number of hydrogen-bond donors (Lipinski definition) is 1. The fourth-order valence-corrected chi connectivity index (χ4v) is 1.98. The molecule has 0 bridgehead atoms. The van der Waals surface area contributed by atoms with Crippen molar-refractivity contribution in [3.8, 4) is 0 Å². The first kappa shape index (κ1) is 13.3. The summed E-state index contributed by atoms with van der Waals surface area (Å²) in [5.41, 5.74) is 0. The van der Waals surface area contributed by atoms with Crippen LogP contribution >= 0.6 is 0 Å². The zero-order valence-electron chi connectivity index (χ0n) is 11.2. The van der Waals surface area contributed by atoms with E-state index in [9.17, 15) is 0 Å². The van der Waals surface area contributed by atoms with Crippen molar-refractivity contribution in [2.45, 2.75) is 25.8 Å². The van der Waals surface area contributed by atoms with Gasteiger partial charge < -0.3 is 19.4 Å². The lowest BCUT2D eigenvalue weighted by molar-refractivity contribution is 0.198. The molecule has 18 heavy (non-hydrogen) atoms. The molecule has 1 N–H and O–H groups in total. The SMILES string of the molecule is COCCNCc1nnc(N(C)CC2CCC2)o1. The maximum Gasteiger partial charge on any atom is 0.317 e. The molecule has 0 unspecified atom stereocenters.